The first kappa shape index (κ1) is 17.0. The van der Waals surface area contributed by atoms with Gasteiger partial charge in [-0.05, 0) is 31.2 Å². The Bertz CT molecular complexity index is 701. The number of benzene rings is 1. The van der Waals surface area contributed by atoms with Gasteiger partial charge in [0.2, 0.25) is 17.6 Å². The number of alkyl halides is 1. The van der Waals surface area contributed by atoms with Crippen LogP contribution in [0.5, 0.6) is 0 Å². The van der Waals surface area contributed by atoms with E-state index in [0.717, 1.165) is 37.1 Å². The van der Waals surface area contributed by atoms with Crippen molar-refractivity contribution >= 4 is 17.5 Å². The highest BCUT2D eigenvalue weighted by Crippen LogP contribution is 2.24. The van der Waals surface area contributed by atoms with Crippen LogP contribution in [0.15, 0.2) is 28.8 Å². The second-order valence-electron chi connectivity index (χ2n) is 6.32. The molecule has 0 spiro atoms. The molecule has 5 nitrogen and oxygen atoms in total. The summed E-state index contributed by atoms with van der Waals surface area (Å²) >= 11 is 5.67. The second-order valence-corrected chi connectivity index (χ2v) is 6.70. The summed E-state index contributed by atoms with van der Waals surface area (Å²) in [5.74, 6) is 2.16. The average molecular weight is 348 g/mol. The van der Waals surface area contributed by atoms with Crippen molar-refractivity contribution in [3.05, 3.63) is 35.7 Å². The molecule has 0 bridgehead atoms. The number of aryl methyl sites for hydroxylation is 1. The maximum Gasteiger partial charge on any atom is 0.227 e. The van der Waals surface area contributed by atoms with Gasteiger partial charge in [0, 0.05) is 37.4 Å². The van der Waals surface area contributed by atoms with Gasteiger partial charge in [-0.25, -0.2) is 0 Å². The molecule has 0 saturated carbocycles. The Morgan fingerprint density at radius 3 is 3.04 bits per heavy atom. The minimum Gasteiger partial charge on any atom is -0.342 e. The molecule has 6 heteroatoms. The number of likely N-dealkylation sites (tertiary alicyclic amines) is 1. The van der Waals surface area contributed by atoms with Crippen molar-refractivity contribution in [1.82, 2.24) is 15.0 Å². The highest BCUT2D eigenvalue weighted by Gasteiger charge is 2.25. The van der Waals surface area contributed by atoms with E-state index in [1.54, 1.807) is 0 Å². The molecule has 24 heavy (non-hydrogen) atoms. The number of rotatable bonds is 5. The van der Waals surface area contributed by atoms with E-state index in [2.05, 4.69) is 10.1 Å². The van der Waals surface area contributed by atoms with Gasteiger partial charge < -0.3 is 9.42 Å². The normalized spacial score (nSPS) is 17.9. The molecule has 1 atom stereocenters. The molecular weight excluding hydrogens is 326 g/mol. The van der Waals surface area contributed by atoms with Gasteiger partial charge in [-0.1, -0.05) is 29.4 Å². The predicted octanol–water partition coefficient (Wildman–Crippen LogP) is 3.46. The maximum absolute atomic E-state index is 12.0. The van der Waals surface area contributed by atoms with E-state index in [-0.39, 0.29) is 5.91 Å². The topological polar surface area (TPSA) is 59.2 Å². The predicted molar refractivity (Wildman–Crippen MR) is 92.8 cm³/mol. The number of carbonyl (C=O) groups excluding carboxylic acids is 1. The lowest BCUT2D eigenvalue weighted by Crippen LogP contribution is -2.40. The lowest BCUT2D eigenvalue weighted by molar-refractivity contribution is -0.132. The van der Waals surface area contributed by atoms with E-state index < -0.39 is 0 Å². The van der Waals surface area contributed by atoms with Crippen molar-refractivity contribution in [3.8, 4) is 11.4 Å². The highest BCUT2D eigenvalue weighted by atomic mass is 35.5. The third-order valence-electron chi connectivity index (χ3n) is 4.50. The smallest absolute Gasteiger partial charge is 0.227 e. The van der Waals surface area contributed by atoms with Crippen LogP contribution >= 0.6 is 11.6 Å². The van der Waals surface area contributed by atoms with Crippen LogP contribution in [-0.4, -0.2) is 39.9 Å². The van der Waals surface area contributed by atoms with E-state index in [1.807, 2.05) is 36.1 Å². The van der Waals surface area contributed by atoms with Crippen molar-refractivity contribution in [2.24, 2.45) is 5.92 Å². The first-order chi connectivity index (χ1) is 11.7. The summed E-state index contributed by atoms with van der Waals surface area (Å²) in [5.41, 5.74) is 2.12. The van der Waals surface area contributed by atoms with Gasteiger partial charge >= 0.3 is 0 Å². The van der Waals surface area contributed by atoms with E-state index in [4.69, 9.17) is 16.1 Å². The fourth-order valence-electron chi connectivity index (χ4n) is 3.22. The van der Waals surface area contributed by atoms with Crippen LogP contribution in [0, 0.1) is 12.8 Å². The minimum absolute atomic E-state index is 0.140. The molecule has 128 valence electrons. The number of aromatic nitrogens is 2. The molecule has 2 aromatic rings. The number of nitrogens with zero attached hydrogens (tertiary/aromatic N) is 3. The molecule has 1 fully saturated rings. The molecule has 1 aromatic heterocycles. The molecular formula is C18H22ClN3O2. The number of amides is 1. The Morgan fingerprint density at radius 2 is 2.25 bits per heavy atom. The Morgan fingerprint density at radius 1 is 1.42 bits per heavy atom. The van der Waals surface area contributed by atoms with Gasteiger partial charge in [0.25, 0.3) is 0 Å². The molecule has 1 amide bonds. The van der Waals surface area contributed by atoms with Gasteiger partial charge in [0.15, 0.2) is 0 Å². The minimum atomic E-state index is 0.140. The van der Waals surface area contributed by atoms with E-state index in [9.17, 15) is 4.79 Å². The zero-order valence-corrected chi connectivity index (χ0v) is 14.6. The Labute approximate surface area is 147 Å². The van der Waals surface area contributed by atoms with Gasteiger partial charge in [-0.2, -0.15) is 4.98 Å². The SMILES string of the molecule is Cc1ccccc1-c1noc(CC2CCCN(C(=O)CCCl)C2)n1. The Hall–Kier alpha value is -1.88. The van der Waals surface area contributed by atoms with E-state index in [1.165, 1.54) is 0 Å². The van der Waals surface area contributed by atoms with Crippen LogP contribution < -0.4 is 0 Å². The van der Waals surface area contributed by atoms with E-state index in [0.29, 0.717) is 36.4 Å². The molecule has 0 radical (unpaired) electrons. The monoisotopic (exact) mass is 347 g/mol. The van der Waals surface area contributed by atoms with Crippen LogP contribution in [0.4, 0.5) is 0 Å². The molecule has 1 aromatic carbocycles. The van der Waals surface area contributed by atoms with Crippen molar-refractivity contribution < 1.29 is 9.32 Å². The Balaban J connectivity index is 1.64. The van der Waals surface area contributed by atoms with E-state index >= 15 is 0 Å². The van der Waals surface area contributed by atoms with Crippen molar-refractivity contribution in [2.75, 3.05) is 19.0 Å². The summed E-state index contributed by atoms with van der Waals surface area (Å²) in [6, 6.07) is 8.00. The summed E-state index contributed by atoms with van der Waals surface area (Å²) in [4.78, 5) is 18.5. The quantitative estimate of drug-likeness (QED) is 0.777. The lowest BCUT2D eigenvalue weighted by atomic mass is 9.94. The number of halogens is 1. The molecule has 1 unspecified atom stereocenters. The van der Waals surface area contributed by atoms with Crippen LogP contribution in [-0.2, 0) is 11.2 Å². The van der Waals surface area contributed by atoms with Crippen molar-refractivity contribution in [3.63, 3.8) is 0 Å². The van der Waals surface area contributed by atoms with Crippen LogP contribution in [0.2, 0.25) is 0 Å². The largest absolute Gasteiger partial charge is 0.342 e. The zero-order valence-electron chi connectivity index (χ0n) is 13.9. The van der Waals surface area contributed by atoms with Crippen LogP contribution in [0.3, 0.4) is 0 Å². The van der Waals surface area contributed by atoms with Gasteiger partial charge in [0.05, 0.1) is 0 Å². The summed E-state index contributed by atoms with van der Waals surface area (Å²) in [5, 5.41) is 4.11. The molecule has 1 aliphatic rings. The fourth-order valence-corrected chi connectivity index (χ4v) is 3.38. The summed E-state index contributed by atoms with van der Waals surface area (Å²) in [6.45, 7) is 3.61. The number of hydrogen-bond donors (Lipinski definition) is 0. The first-order valence-electron chi connectivity index (χ1n) is 8.39. The number of hydrogen-bond acceptors (Lipinski definition) is 4. The van der Waals surface area contributed by atoms with Gasteiger partial charge in [0.1, 0.15) is 0 Å². The number of carbonyl (C=O) groups is 1. The van der Waals surface area contributed by atoms with Gasteiger partial charge in [-0.15, -0.1) is 11.6 Å². The standard InChI is InChI=1S/C18H22ClN3O2/c1-13-5-2-3-7-15(13)18-20-16(24-21-18)11-14-6-4-10-22(12-14)17(23)8-9-19/h2-3,5,7,14H,4,6,8-12H2,1H3. The molecule has 2 heterocycles. The third-order valence-corrected chi connectivity index (χ3v) is 4.69. The summed E-state index contributed by atoms with van der Waals surface area (Å²) in [7, 11) is 0. The number of piperidine rings is 1. The van der Waals surface area contributed by atoms with Crippen LogP contribution in [0.25, 0.3) is 11.4 Å². The fraction of sp³-hybridized carbons (Fsp3) is 0.500. The van der Waals surface area contributed by atoms with Crippen LogP contribution in [0.1, 0.15) is 30.7 Å². The molecule has 1 aliphatic heterocycles. The molecule has 0 N–H and O–H groups in total. The highest BCUT2D eigenvalue weighted by molar-refractivity contribution is 6.18. The average Bonchev–Trinajstić information content (AvgIpc) is 3.04. The van der Waals surface area contributed by atoms with Gasteiger partial charge in [-0.3, -0.25) is 4.79 Å². The lowest BCUT2D eigenvalue weighted by Gasteiger charge is -2.32. The Kier molecular flexibility index (Phi) is 5.51. The maximum atomic E-state index is 12.0. The first-order valence-corrected chi connectivity index (χ1v) is 8.93. The summed E-state index contributed by atoms with van der Waals surface area (Å²) in [6.07, 6.45) is 3.21. The third kappa shape index (κ3) is 3.96. The summed E-state index contributed by atoms with van der Waals surface area (Å²) < 4.78 is 5.43. The van der Waals surface area contributed by atoms with Crippen molar-refractivity contribution in [1.29, 1.82) is 0 Å². The molecule has 1 saturated heterocycles. The molecule has 0 aliphatic carbocycles. The zero-order chi connectivity index (χ0) is 16.9. The van der Waals surface area contributed by atoms with Crippen molar-refractivity contribution in [2.45, 2.75) is 32.6 Å². The second kappa shape index (κ2) is 7.79. The molecule has 3 rings (SSSR count).